The molecule has 0 fully saturated rings. The lowest BCUT2D eigenvalue weighted by molar-refractivity contribution is 0.537. The van der Waals surface area contributed by atoms with Gasteiger partial charge in [0.2, 0.25) is 5.13 Å². The van der Waals surface area contributed by atoms with Crippen molar-refractivity contribution in [2.45, 2.75) is 24.6 Å². The van der Waals surface area contributed by atoms with Gasteiger partial charge in [-0.3, -0.25) is 0 Å². The summed E-state index contributed by atoms with van der Waals surface area (Å²) in [6.45, 7) is 2.10. The molecule has 0 spiro atoms. The van der Waals surface area contributed by atoms with E-state index >= 15 is 0 Å². The number of thioether (sulfide) groups is 1. The van der Waals surface area contributed by atoms with Crippen molar-refractivity contribution in [1.29, 1.82) is 0 Å². The highest BCUT2D eigenvalue weighted by Crippen LogP contribution is 2.52. The first-order valence-electron chi connectivity index (χ1n) is 8.62. The lowest BCUT2D eigenvalue weighted by Gasteiger charge is -2.35. The van der Waals surface area contributed by atoms with Crippen LogP contribution >= 0.6 is 23.1 Å². The molecule has 0 radical (unpaired) electrons. The second-order valence-electron chi connectivity index (χ2n) is 6.16. The predicted molar refractivity (Wildman–Crippen MR) is 108 cm³/mol. The lowest BCUT2D eigenvalue weighted by Crippen LogP contribution is -2.37. The van der Waals surface area contributed by atoms with Gasteiger partial charge in [0.25, 0.3) is 0 Å². The molecule has 0 aliphatic carbocycles. The number of benzene rings is 2. The Bertz CT molecular complexity index is 961. The largest absolute Gasteiger partial charge is 0.227 e. The molecule has 3 nitrogen and oxygen atoms in total. The van der Waals surface area contributed by atoms with Crippen molar-refractivity contribution in [3.8, 4) is 0 Å². The van der Waals surface area contributed by atoms with Crippen LogP contribution in [0.2, 0.25) is 0 Å². The topological polar surface area (TPSA) is 28.5 Å². The highest BCUT2D eigenvalue weighted by molar-refractivity contribution is 8.15. The lowest BCUT2D eigenvalue weighted by atomic mass is 10.0. The molecule has 138 valence electrons. The van der Waals surface area contributed by atoms with Crippen molar-refractivity contribution in [1.82, 2.24) is 4.98 Å². The monoisotopic (exact) mass is 401 g/mol. The van der Waals surface area contributed by atoms with Crippen LogP contribution in [0.1, 0.15) is 30.9 Å². The zero-order chi connectivity index (χ0) is 18.9. The number of rotatable bonds is 5. The number of aromatic nitrogens is 1. The van der Waals surface area contributed by atoms with Crippen molar-refractivity contribution in [2.75, 3.05) is 5.01 Å². The fraction of sp³-hybridized carbons (Fsp3) is 0.200. The van der Waals surface area contributed by atoms with E-state index in [1.807, 2.05) is 40.7 Å². The van der Waals surface area contributed by atoms with Crippen LogP contribution in [-0.2, 0) is 4.87 Å². The maximum Gasteiger partial charge on any atom is 0.207 e. The minimum Gasteiger partial charge on any atom is -0.227 e. The van der Waals surface area contributed by atoms with Crippen LogP contribution < -0.4 is 5.01 Å². The molecular formula is C20H17F2N3S2. The molecule has 1 atom stereocenters. The molecular weight excluding hydrogens is 384 g/mol. The average molecular weight is 402 g/mol. The van der Waals surface area contributed by atoms with Crippen LogP contribution in [0, 0.1) is 11.6 Å². The van der Waals surface area contributed by atoms with Gasteiger partial charge >= 0.3 is 0 Å². The summed E-state index contributed by atoms with van der Waals surface area (Å²) in [5, 5.41) is 9.64. The molecule has 0 bridgehead atoms. The van der Waals surface area contributed by atoms with E-state index in [-0.39, 0.29) is 5.56 Å². The van der Waals surface area contributed by atoms with E-state index in [0.717, 1.165) is 35.7 Å². The van der Waals surface area contributed by atoms with Crippen molar-refractivity contribution >= 4 is 33.3 Å². The van der Waals surface area contributed by atoms with E-state index in [0.29, 0.717) is 5.04 Å². The maximum atomic E-state index is 14.4. The molecule has 2 aromatic carbocycles. The van der Waals surface area contributed by atoms with E-state index in [4.69, 9.17) is 5.10 Å². The summed E-state index contributed by atoms with van der Waals surface area (Å²) in [5.41, 5.74) is 1.23. The van der Waals surface area contributed by atoms with Crippen LogP contribution in [0.5, 0.6) is 0 Å². The Morgan fingerprint density at radius 3 is 2.63 bits per heavy atom. The molecule has 3 aromatic rings. The van der Waals surface area contributed by atoms with Gasteiger partial charge in [0.15, 0.2) is 0 Å². The fourth-order valence-electron chi connectivity index (χ4n) is 3.20. The van der Waals surface area contributed by atoms with E-state index in [1.54, 1.807) is 6.20 Å². The Morgan fingerprint density at radius 1 is 1.11 bits per heavy atom. The molecule has 0 saturated heterocycles. The van der Waals surface area contributed by atoms with Crippen LogP contribution in [0.15, 0.2) is 65.2 Å². The Labute approximate surface area is 164 Å². The van der Waals surface area contributed by atoms with Crippen LogP contribution in [0.4, 0.5) is 13.9 Å². The summed E-state index contributed by atoms with van der Waals surface area (Å²) in [5.74, 6) is -0.967. The summed E-state index contributed by atoms with van der Waals surface area (Å²) < 4.78 is 28.2. The number of hydrogen-bond donors (Lipinski definition) is 0. The quantitative estimate of drug-likeness (QED) is 0.526. The number of anilines is 1. The molecule has 0 amide bonds. The Hall–Kier alpha value is -2.25. The minimum atomic E-state index is -0.554. The smallest absolute Gasteiger partial charge is 0.207 e. The van der Waals surface area contributed by atoms with Gasteiger partial charge in [-0.05, 0) is 30.2 Å². The molecule has 27 heavy (non-hydrogen) atoms. The average Bonchev–Trinajstić information content (AvgIpc) is 3.33. The van der Waals surface area contributed by atoms with Crippen molar-refractivity contribution in [3.05, 3.63) is 82.9 Å². The van der Waals surface area contributed by atoms with Gasteiger partial charge in [0.1, 0.15) is 21.5 Å². The van der Waals surface area contributed by atoms with E-state index in [2.05, 4.69) is 11.9 Å². The third kappa shape index (κ3) is 3.26. The second kappa shape index (κ2) is 7.40. The molecule has 1 aliphatic rings. The number of hydrazone groups is 1. The van der Waals surface area contributed by atoms with Crippen molar-refractivity contribution in [2.24, 2.45) is 5.10 Å². The number of nitrogens with zero attached hydrogens (tertiary/aromatic N) is 3. The first-order valence-corrected chi connectivity index (χ1v) is 10.3. The van der Waals surface area contributed by atoms with E-state index < -0.39 is 16.5 Å². The number of hydrogen-bond acceptors (Lipinski definition) is 5. The van der Waals surface area contributed by atoms with Crippen LogP contribution in [0.25, 0.3) is 0 Å². The SMILES string of the molecule is CCCC1(c2ccccc2)SC(c2cc(F)ccc2F)=NN1c1nccs1. The summed E-state index contributed by atoms with van der Waals surface area (Å²) in [4.78, 5) is 3.87. The number of halogens is 2. The first-order chi connectivity index (χ1) is 13.1. The molecule has 1 aromatic heterocycles. The Morgan fingerprint density at radius 2 is 1.93 bits per heavy atom. The highest BCUT2D eigenvalue weighted by atomic mass is 32.2. The van der Waals surface area contributed by atoms with Crippen LogP contribution in [-0.4, -0.2) is 10.0 Å². The van der Waals surface area contributed by atoms with Gasteiger partial charge < -0.3 is 0 Å². The van der Waals surface area contributed by atoms with Gasteiger partial charge in [0, 0.05) is 17.1 Å². The molecule has 4 rings (SSSR count). The van der Waals surface area contributed by atoms with E-state index in [1.165, 1.54) is 29.2 Å². The van der Waals surface area contributed by atoms with E-state index in [9.17, 15) is 8.78 Å². The van der Waals surface area contributed by atoms with Gasteiger partial charge in [-0.15, -0.1) is 11.3 Å². The number of thiazole rings is 1. The molecule has 1 unspecified atom stereocenters. The fourth-order valence-corrected chi connectivity index (χ4v) is 5.41. The predicted octanol–water partition coefficient (Wildman–Crippen LogP) is 5.99. The summed E-state index contributed by atoms with van der Waals surface area (Å²) >= 11 is 2.93. The molecule has 2 heterocycles. The first kappa shape index (κ1) is 18.1. The zero-order valence-electron chi connectivity index (χ0n) is 14.6. The standard InChI is InChI=1S/C20H17F2N3S2/c1-2-10-20(14-6-4-3-5-7-14)25(19-23-11-12-26-19)24-18(27-20)16-13-15(21)8-9-17(16)22/h3-9,11-13H,2,10H2,1H3. The third-order valence-electron chi connectivity index (χ3n) is 4.37. The van der Waals surface area contributed by atoms with Gasteiger partial charge in [-0.2, -0.15) is 5.10 Å². The van der Waals surface area contributed by atoms with Crippen molar-refractivity contribution < 1.29 is 8.78 Å². The van der Waals surface area contributed by atoms with Gasteiger partial charge in [-0.1, -0.05) is 55.4 Å². The normalized spacial score (nSPS) is 19.4. The third-order valence-corrected chi connectivity index (χ3v) is 6.56. The second-order valence-corrected chi connectivity index (χ2v) is 8.30. The summed E-state index contributed by atoms with van der Waals surface area (Å²) in [6, 6.07) is 13.5. The van der Waals surface area contributed by atoms with Crippen LogP contribution in [0.3, 0.4) is 0 Å². The molecule has 0 saturated carbocycles. The minimum absolute atomic E-state index is 0.176. The van der Waals surface area contributed by atoms with Gasteiger partial charge in [0.05, 0.1) is 0 Å². The Balaban J connectivity index is 1.88. The summed E-state index contributed by atoms with van der Waals surface area (Å²) in [6.07, 6.45) is 3.41. The zero-order valence-corrected chi connectivity index (χ0v) is 16.2. The Kier molecular flexibility index (Phi) is 4.97. The molecule has 7 heteroatoms. The highest BCUT2D eigenvalue weighted by Gasteiger charge is 2.47. The maximum absolute atomic E-state index is 14.4. The molecule has 1 aliphatic heterocycles. The van der Waals surface area contributed by atoms with Gasteiger partial charge in [-0.25, -0.2) is 18.8 Å². The van der Waals surface area contributed by atoms with Crippen molar-refractivity contribution in [3.63, 3.8) is 0 Å². The molecule has 0 N–H and O–H groups in total. The summed E-state index contributed by atoms with van der Waals surface area (Å²) in [7, 11) is 0.